The zero-order chi connectivity index (χ0) is 19.5. The van der Waals surface area contributed by atoms with E-state index in [-0.39, 0.29) is 11.3 Å². The molecule has 0 aliphatic rings. The summed E-state index contributed by atoms with van der Waals surface area (Å²) in [4.78, 5) is 12.4. The summed E-state index contributed by atoms with van der Waals surface area (Å²) >= 11 is 5.92. The lowest BCUT2D eigenvalue weighted by Crippen LogP contribution is -2.17. The van der Waals surface area contributed by atoms with Crippen molar-refractivity contribution in [3.8, 4) is 17.0 Å². The lowest BCUT2D eigenvalue weighted by Gasteiger charge is -2.05. The van der Waals surface area contributed by atoms with E-state index in [0.29, 0.717) is 10.6 Å². The van der Waals surface area contributed by atoms with Gasteiger partial charge in [0.25, 0.3) is 5.91 Å². The predicted octanol–water partition coefficient (Wildman–Crippen LogP) is 4.35. The fraction of sp³-hybridized carbons (Fsp3) is 0. The van der Waals surface area contributed by atoms with Crippen LogP contribution in [0.15, 0.2) is 72.0 Å². The van der Waals surface area contributed by atoms with Crippen LogP contribution in [0.5, 0.6) is 5.75 Å². The van der Waals surface area contributed by atoms with Crippen molar-refractivity contribution >= 4 is 34.5 Å². The SMILES string of the molecule is O=C(NN=Cc1cn[nH]c1-c1ccc(Cl)cc1)c1cc2ccccc2cc1O. The average molecular weight is 391 g/mol. The molecule has 0 spiro atoms. The van der Waals surface area contributed by atoms with Crippen LogP contribution in [0.3, 0.4) is 0 Å². The number of rotatable bonds is 4. The van der Waals surface area contributed by atoms with E-state index in [1.165, 1.54) is 6.21 Å². The smallest absolute Gasteiger partial charge is 0.275 e. The second kappa shape index (κ2) is 7.54. The van der Waals surface area contributed by atoms with E-state index in [1.54, 1.807) is 30.5 Å². The van der Waals surface area contributed by atoms with Gasteiger partial charge in [-0.15, -0.1) is 0 Å². The van der Waals surface area contributed by atoms with E-state index < -0.39 is 5.91 Å². The van der Waals surface area contributed by atoms with Gasteiger partial charge in [0, 0.05) is 16.1 Å². The molecule has 0 saturated heterocycles. The second-order valence-corrected chi connectivity index (χ2v) is 6.56. The number of hydrogen-bond acceptors (Lipinski definition) is 4. The molecule has 0 bridgehead atoms. The Bertz CT molecular complexity index is 1180. The van der Waals surface area contributed by atoms with Crippen LogP contribution in [-0.4, -0.2) is 27.4 Å². The molecule has 4 rings (SSSR count). The normalized spacial score (nSPS) is 11.2. The average Bonchev–Trinajstić information content (AvgIpc) is 3.16. The second-order valence-electron chi connectivity index (χ2n) is 6.12. The van der Waals surface area contributed by atoms with Gasteiger partial charge in [-0.05, 0) is 35.0 Å². The van der Waals surface area contributed by atoms with Gasteiger partial charge in [-0.3, -0.25) is 9.89 Å². The molecule has 6 nitrogen and oxygen atoms in total. The largest absolute Gasteiger partial charge is 0.507 e. The highest BCUT2D eigenvalue weighted by molar-refractivity contribution is 6.30. The molecule has 1 amide bonds. The van der Waals surface area contributed by atoms with Gasteiger partial charge in [-0.25, -0.2) is 5.43 Å². The Hall–Kier alpha value is -3.64. The fourth-order valence-corrected chi connectivity index (χ4v) is 3.00. The summed E-state index contributed by atoms with van der Waals surface area (Å²) in [5, 5.41) is 23.4. The molecule has 28 heavy (non-hydrogen) atoms. The van der Waals surface area contributed by atoms with Crippen molar-refractivity contribution in [3.05, 3.63) is 83.0 Å². The third kappa shape index (κ3) is 3.58. The van der Waals surface area contributed by atoms with Gasteiger partial charge < -0.3 is 5.11 Å². The Morgan fingerprint density at radius 2 is 1.82 bits per heavy atom. The van der Waals surface area contributed by atoms with Gasteiger partial charge in [0.15, 0.2) is 0 Å². The molecule has 138 valence electrons. The number of amides is 1. The molecular weight excluding hydrogens is 376 g/mol. The molecule has 1 aromatic heterocycles. The van der Waals surface area contributed by atoms with Crippen LogP contribution in [0.4, 0.5) is 0 Å². The van der Waals surface area contributed by atoms with Gasteiger partial charge in [0.05, 0.1) is 23.7 Å². The molecule has 0 fully saturated rings. The zero-order valence-corrected chi connectivity index (χ0v) is 15.3. The Morgan fingerprint density at radius 3 is 2.57 bits per heavy atom. The van der Waals surface area contributed by atoms with Gasteiger partial charge >= 0.3 is 0 Å². The number of aromatic amines is 1. The van der Waals surface area contributed by atoms with Crippen molar-refractivity contribution in [2.45, 2.75) is 0 Å². The predicted molar refractivity (Wildman–Crippen MR) is 110 cm³/mol. The maximum Gasteiger partial charge on any atom is 0.275 e. The highest BCUT2D eigenvalue weighted by atomic mass is 35.5. The highest BCUT2D eigenvalue weighted by Gasteiger charge is 2.12. The molecule has 0 aliphatic carbocycles. The van der Waals surface area contributed by atoms with Gasteiger partial charge in [-0.2, -0.15) is 10.2 Å². The number of carbonyl (C=O) groups excluding carboxylic acids is 1. The minimum absolute atomic E-state index is 0.100. The Kier molecular flexibility index (Phi) is 4.78. The van der Waals surface area contributed by atoms with Crippen LogP contribution >= 0.6 is 11.6 Å². The third-order valence-electron chi connectivity index (χ3n) is 4.28. The van der Waals surface area contributed by atoms with Crippen LogP contribution in [0, 0.1) is 0 Å². The maximum atomic E-state index is 12.4. The molecule has 0 saturated carbocycles. The van der Waals surface area contributed by atoms with Crippen molar-refractivity contribution < 1.29 is 9.90 Å². The van der Waals surface area contributed by atoms with Crippen LogP contribution in [0.1, 0.15) is 15.9 Å². The standard InChI is InChI=1S/C21H15ClN4O2/c22-17-7-5-13(6-8-17)20-16(11-23-25-20)12-24-26-21(28)18-9-14-3-1-2-4-15(14)10-19(18)27/h1-12,27H,(H,23,25)(H,26,28). The number of phenolic OH excluding ortho intramolecular Hbond substituents is 1. The summed E-state index contributed by atoms with van der Waals surface area (Å²) in [5.74, 6) is -0.604. The molecule has 7 heteroatoms. The van der Waals surface area contributed by atoms with E-state index in [1.807, 2.05) is 36.4 Å². The molecule has 0 radical (unpaired) electrons. The first-order valence-electron chi connectivity index (χ1n) is 8.46. The summed E-state index contributed by atoms with van der Waals surface area (Å²) in [6.07, 6.45) is 3.09. The number of H-pyrrole nitrogens is 1. The molecule has 3 N–H and O–H groups in total. The third-order valence-corrected chi connectivity index (χ3v) is 4.53. The number of phenols is 1. The Labute approximate surface area is 165 Å². The zero-order valence-electron chi connectivity index (χ0n) is 14.6. The van der Waals surface area contributed by atoms with Gasteiger partial charge in [0.1, 0.15) is 5.75 Å². The van der Waals surface area contributed by atoms with Gasteiger partial charge in [-0.1, -0.05) is 48.0 Å². The van der Waals surface area contributed by atoms with Crippen molar-refractivity contribution in [2.75, 3.05) is 0 Å². The molecule has 4 aromatic rings. The van der Waals surface area contributed by atoms with Crippen LogP contribution in [0.25, 0.3) is 22.0 Å². The Balaban J connectivity index is 1.53. The van der Waals surface area contributed by atoms with Crippen molar-refractivity contribution in [1.29, 1.82) is 0 Å². The molecule has 0 aliphatic heterocycles. The first-order valence-corrected chi connectivity index (χ1v) is 8.84. The molecular formula is C21H15ClN4O2. The number of aromatic nitrogens is 2. The number of hydrazone groups is 1. The first-order chi connectivity index (χ1) is 13.6. The summed E-state index contributed by atoms with van der Waals surface area (Å²) in [7, 11) is 0. The van der Waals surface area contributed by atoms with Crippen molar-refractivity contribution in [2.24, 2.45) is 5.10 Å². The molecule has 0 unspecified atom stereocenters. The number of nitrogens with zero attached hydrogens (tertiary/aromatic N) is 2. The van der Waals surface area contributed by atoms with Gasteiger partial charge in [0.2, 0.25) is 0 Å². The first kappa shape index (κ1) is 17.8. The van der Waals surface area contributed by atoms with E-state index >= 15 is 0 Å². The number of carbonyl (C=O) groups is 1. The van der Waals surface area contributed by atoms with E-state index in [0.717, 1.165) is 22.0 Å². The summed E-state index contributed by atoms with van der Waals surface area (Å²) in [6, 6.07) is 18.0. The number of fused-ring (bicyclic) bond motifs is 1. The lowest BCUT2D eigenvalue weighted by molar-refractivity contribution is 0.0952. The topological polar surface area (TPSA) is 90.4 Å². The van der Waals surface area contributed by atoms with E-state index in [2.05, 4.69) is 20.7 Å². The minimum Gasteiger partial charge on any atom is -0.507 e. The fourth-order valence-electron chi connectivity index (χ4n) is 2.87. The van der Waals surface area contributed by atoms with E-state index in [4.69, 9.17) is 11.6 Å². The van der Waals surface area contributed by atoms with Crippen LogP contribution < -0.4 is 5.43 Å². The number of aromatic hydroxyl groups is 1. The van der Waals surface area contributed by atoms with Crippen molar-refractivity contribution in [1.82, 2.24) is 15.6 Å². The minimum atomic E-state index is -0.504. The number of nitrogens with one attached hydrogen (secondary N) is 2. The quantitative estimate of drug-likeness (QED) is 0.357. The lowest BCUT2D eigenvalue weighted by atomic mass is 10.1. The van der Waals surface area contributed by atoms with Crippen LogP contribution in [0.2, 0.25) is 5.02 Å². The summed E-state index contributed by atoms with van der Waals surface area (Å²) in [6.45, 7) is 0. The molecule has 3 aromatic carbocycles. The number of hydrogen-bond donors (Lipinski definition) is 3. The highest BCUT2D eigenvalue weighted by Crippen LogP contribution is 2.25. The van der Waals surface area contributed by atoms with E-state index in [9.17, 15) is 9.90 Å². The number of benzene rings is 3. The molecule has 0 atom stereocenters. The number of halogens is 1. The monoisotopic (exact) mass is 390 g/mol. The Morgan fingerprint density at radius 1 is 1.11 bits per heavy atom. The summed E-state index contributed by atoms with van der Waals surface area (Å²) < 4.78 is 0. The maximum absolute atomic E-state index is 12.4. The molecule has 1 heterocycles. The van der Waals surface area contributed by atoms with Crippen LogP contribution in [-0.2, 0) is 0 Å². The summed E-state index contributed by atoms with van der Waals surface area (Å²) in [5.41, 5.74) is 4.93. The van der Waals surface area contributed by atoms with Crippen molar-refractivity contribution in [3.63, 3.8) is 0 Å².